The zero-order chi connectivity index (χ0) is 21.8. The van der Waals surface area contributed by atoms with Gasteiger partial charge in [0.2, 0.25) is 5.91 Å². The van der Waals surface area contributed by atoms with Crippen LogP contribution in [-0.4, -0.2) is 10.5 Å². The van der Waals surface area contributed by atoms with Crippen LogP contribution in [0.5, 0.6) is 0 Å². The Balaban J connectivity index is 0.00000341. The van der Waals surface area contributed by atoms with Gasteiger partial charge in [0.15, 0.2) is 0 Å². The second-order valence-electron chi connectivity index (χ2n) is 8.45. The van der Waals surface area contributed by atoms with Crippen LogP contribution in [0.3, 0.4) is 0 Å². The summed E-state index contributed by atoms with van der Waals surface area (Å²) in [7, 11) is 0. The molecule has 1 amide bonds. The van der Waals surface area contributed by atoms with Crippen LogP contribution in [0.2, 0.25) is 0 Å². The number of carbonyl (C=O) groups excluding carboxylic acids is 1. The third kappa shape index (κ3) is 5.35. The number of amides is 1. The zero-order valence-electron chi connectivity index (χ0n) is 18.6. The highest BCUT2D eigenvalue weighted by molar-refractivity contribution is 5.97. The highest BCUT2D eigenvalue weighted by Gasteiger charge is 2.18. The summed E-state index contributed by atoms with van der Waals surface area (Å²) in [5.74, 6) is 0.255. The van der Waals surface area contributed by atoms with Gasteiger partial charge in [0.05, 0.1) is 0 Å². The first-order valence-corrected chi connectivity index (χ1v) is 10.5. The SMILES string of the molecule is CC(C)Cn1c(CN)c(-c2ccccc2)c2cc(CNC(=O)C(C)C)ccc2c1=O.Cl. The average molecular weight is 442 g/mol. The Bertz CT molecular complexity index is 1110. The van der Waals surface area contributed by atoms with Crippen LogP contribution >= 0.6 is 12.4 Å². The van der Waals surface area contributed by atoms with Crippen molar-refractivity contribution in [3.05, 3.63) is 70.1 Å². The monoisotopic (exact) mass is 441 g/mol. The summed E-state index contributed by atoms with van der Waals surface area (Å²) < 4.78 is 1.83. The molecule has 0 saturated heterocycles. The maximum Gasteiger partial charge on any atom is 0.258 e. The van der Waals surface area contributed by atoms with E-state index in [-0.39, 0.29) is 36.3 Å². The Morgan fingerprint density at radius 2 is 1.71 bits per heavy atom. The molecule has 1 heterocycles. The minimum absolute atomic E-state index is 0. The van der Waals surface area contributed by atoms with Gasteiger partial charge in [0.25, 0.3) is 5.56 Å². The second-order valence-corrected chi connectivity index (χ2v) is 8.45. The van der Waals surface area contributed by atoms with E-state index >= 15 is 0 Å². The fraction of sp³-hybridized carbons (Fsp3) is 0.360. The van der Waals surface area contributed by atoms with E-state index in [1.165, 1.54) is 0 Å². The summed E-state index contributed by atoms with van der Waals surface area (Å²) in [6.07, 6.45) is 0. The van der Waals surface area contributed by atoms with E-state index in [1.54, 1.807) is 0 Å². The molecule has 2 aromatic carbocycles. The molecule has 0 spiro atoms. The largest absolute Gasteiger partial charge is 0.352 e. The molecule has 0 radical (unpaired) electrons. The van der Waals surface area contributed by atoms with Crippen molar-refractivity contribution in [2.45, 2.75) is 47.3 Å². The number of aromatic nitrogens is 1. The van der Waals surface area contributed by atoms with Gasteiger partial charge in [-0.15, -0.1) is 12.4 Å². The summed E-state index contributed by atoms with van der Waals surface area (Å²) in [4.78, 5) is 25.3. The van der Waals surface area contributed by atoms with Crippen molar-refractivity contribution in [3.8, 4) is 11.1 Å². The predicted molar refractivity (Wildman–Crippen MR) is 130 cm³/mol. The van der Waals surface area contributed by atoms with Crippen molar-refractivity contribution >= 4 is 29.1 Å². The first-order chi connectivity index (χ1) is 14.3. The number of carbonyl (C=O) groups is 1. The van der Waals surface area contributed by atoms with Gasteiger partial charge in [0, 0.05) is 42.2 Å². The number of rotatable bonds is 7. The number of fused-ring (bicyclic) bond motifs is 1. The topological polar surface area (TPSA) is 77.1 Å². The number of nitrogens with zero attached hydrogens (tertiary/aromatic N) is 1. The molecule has 3 aromatic rings. The van der Waals surface area contributed by atoms with Crippen LogP contribution < -0.4 is 16.6 Å². The summed E-state index contributed by atoms with van der Waals surface area (Å²) >= 11 is 0. The number of hydrogen-bond donors (Lipinski definition) is 2. The zero-order valence-corrected chi connectivity index (χ0v) is 19.5. The quantitative estimate of drug-likeness (QED) is 0.567. The van der Waals surface area contributed by atoms with Gasteiger partial charge in [-0.2, -0.15) is 0 Å². The first kappa shape index (κ1) is 24.6. The molecule has 0 aliphatic rings. The summed E-state index contributed by atoms with van der Waals surface area (Å²) in [5, 5.41) is 4.51. The van der Waals surface area contributed by atoms with Crippen molar-refractivity contribution in [3.63, 3.8) is 0 Å². The fourth-order valence-corrected chi connectivity index (χ4v) is 3.74. The highest BCUT2D eigenvalue weighted by atomic mass is 35.5. The first-order valence-electron chi connectivity index (χ1n) is 10.5. The number of nitrogens with two attached hydrogens (primary N) is 1. The molecule has 0 aliphatic carbocycles. The van der Waals surface area contributed by atoms with Crippen molar-refractivity contribution in [1.29, 1.82) is 0 Å². The standard InChI is InChI=1S/C25H31N3O2.ClH/c1-16(2)15-28-22(13-26)23(19-8-6-5-7-9-19)21-12-18(10-11-20(21)25(28)30)14-27-24(29)17(3)4;/h5-12,16-17H,13-15,26H2,1-4H3,(H,27,29);1H. The molecule has 0 saturated carbocycles. The normalized spacial score (nSPS) is 11.1. The number of nitrogens with one attached hydrogen (secondary N) is 1. The van der Waals surface area contributed by atoms with Crippen LogP contribution in [-0.2, 0) is 24.4 Å². The molecule has 0 unspecified atom stereocenters. The van der Waals surface area contributed by atoms with Crippen LogP contribution in [0.1, 0.15) is 39.0 Å². The molecule has 0 aliphatic heterocycles. The van der Waals surface area contributed by atoms with Gasteiger partial charge >= 0.3 is 0 Å². The molecule has 3 rings (SSSR count). The molecular weight excluding hydrogens is 410 g/mol. The number of halogens is 1. The number of hydrogen-bond acceptors (Lipinski definition) is 3. The van der Waals surface area contributed by atoms with Gasteiger partial charge in [-0.1, -0.05) is 64.1 Å². The molecule has 1 aromatic heterocycles. The fourth-order valence-electron chi connectivity index (χ4n) is 3.74. The maximum atomic E-state index is 13.3. The van der Waals surface area contributed by atoms with E-state index in [1.807, 2.05) is 66.9 Å². The van der Waals surface area contributed by atoms with E-state index in [4.69, 9.17) is 5.73 Å². The lowest BCUT2D eigenvalue weighted by molar-refractivity contribution is -0.124. The lowest BCUT2D eigenvalue weighted by atomic mass is 9.95. The van der Waals surface area contributed by atoms with E-state index in [0.29, 0.717) is 24.4 Å². The molecule has 5 nitrogen and oxygen atoms in total. The van der Waals surface area contributed by atoms with E-state index in [9.17, 15) is 9.59 Å². The number of benzene rings is 2. The lowest BCUT2D eigenvalue weighted by Gasteiger charge is -2.21. The second kappa shape index (κ2) is 10.6. The Hall–Kier alpha value is -2.63. The van der Waals surface area contributed by atoms with Crippen LogP contribution in [0.4, 0.5) is 0 Å². The maximum absolute atomic E-state index is 13.3. The number of pyridine rings is 1. The average Bonchev–Trinajstić information content (AvgIpc) is 2.73. The molecular formula is C25H32ClN3O2. The molecule has 0 fully saturated rings. The Labute approximate surface area is 190 Å². The Morgan fingerprint density at radius 1 is 1.03 bits per heavy atom. The van der Waals surface area contributed by atoms with E-state index in [2.05, 4.69) is 19.2 Å². The molecule has 0 atom stereocenters. The third-order valence-corrected chi connectivity index (χ3v) is 5.24. The van der Waals surface area contributed by atoms with Gasteiger partial charge in [-0.05, 0) is 34.6 Å². The van der Waals surface area contributed by atoms with Crippen LogP contribution in [0, 0.1) is 11.8 Å². The summed E-state index contributed by atoms with van der Waals surface area (Å²) in [5.41, 5.74) is 9.98. The van der Waals surface area contributed by atoms with Crippen molar-refractivity contribution < 1.29 is 4.79 Å². The highest BCUT2D eigenvalue weighted by Crippen LogP contribution is 2.31. The van der Waals surface area contributed by atoms with Gasteiger partial charge in [-0.25, -0.2) is 0 Å². The Morgan fingerprint density at radius 3 is 2.29 bits per heavy atom. The third-order valence-electron chi connectivity index (χ3n) is 5.24. The minimum atomic E-state index is -0.0718. The molecule has 0 bridgehead atoms. The van der Waals surface area contributed by atoms with Crippen molar-refractivity contribution in [1.82, 2.24) is 9.88 Å². The molecule has 166 valence electrons. The lowest BCUT2D eigenvalue weighted by Crippen LogP contribution is -2.29. The summed E-state index contributed by atoms with van der Waals surface area (Å²) in [6.45, 7) is 9.25. The van der Waals surface area contributed by atoms with Crippen molar-refractivity contribution in [2.75, 3.05) is 0 Å². The molecule has 31 heavy (non-hydrogen) atoms. The van der Waals surface area contributed by atoms with Gasteiger partial charge in [-0.3, -0.25) is 9.59 Å². The molecule has 6 heteroatoms. The van der Waals surface area contributed by atoms with Gasteiger partial charge in [0.1, 0.15) is 0 Å². The van der Waals surface area contributed by atoms with Gasteiger partial charge < -0.3 is 15.6 Å². The Kier molecular flexibility index (Phi) is 8.43. The minimum Gasteiger partial charge on any atom is -0.352 e. The van der Waals surface area contributed by atoms with Crippen molar-refractivity contribution in [2.24, 2.45) is 17.6 Å². The van der Waals surface area contributed by atoms with Crippen LogP contribution in [0.15, 0.2) is 53.3 Å². The smallest absolute Gasteiger partial charge is 0.258 e. The summed E-state index contributed by atoms with van der Waals surface area (Å²) in [6, 6.07) is 15.9. The van der Waals surface area contributed by atoms with E-state index in [0.717, 1.165) is 27.8 Å². The predicted octanol–water partition coefficient (Wildman–Crippen LogP) is 4.48. The van der Waals surface area contributed by atoms with E-state index < -0.39 is 0 Å². The van der Waals surface area contributed by atoms with Crippen LogP contribution in [0.25, 0.3) is 21.9 Å². The molecule has 3 N–H and O–H groups in total.